The van der Waals surface area contributed by atoms with E-state index in [0.717, 1.165) is 13.0 Å². The summed E-state index contributed by atoms with van der Waals surface area (Å²) in [4.78, 5) is 6.83. The van der Waals surface area contributed by atoms with Crippen molar-refractivity contribution in [3.05, 3.63) is 65.0 Å². The van der Waals surface area contributed by atoms with Crippen LogP contribution in [0.3, 0.4) is 0 Å². The summed E-state index contributed by atoms with van der Waals surface area (Å²) in [7, 11) is 0. The molecule has 0 bridgehead atoms. The van der Waals surface area contributed by atoms with Crippen molar-refractivity contribution in [2.45, 2.75) is 58.5 Å². The molecule has 1 aliphatic rings. The maximum atomic E-state index is 4.15. The van der Waals surface area contributed by atoms with Gasteiger partial charge in [0.15, 0.2) is 0 Å². The molecule has 1 heterocycles. The highest BCUT2D eigenvalue weighted by molar-refractivity contribution is 5.38. The highest BCUT2D eigenvalue weighted by Crippen LogP contribution is 2.28. The number of aromatic nitrogens is 1. The molecule has 0 aliphatic heterocycles. The van der Waals surface area contributed by atoms with Crippen LogP contribution in [0.2, 0.25) is 0 Å². The molecule has 0 saturated carbocycles. The maximum absolute atomic E-state index is 4.15. The Morgan fingerprint density at radius 3 is 2.70 bits per heavy atom. The zero-order valence-electron chi connectivity index (χ0n) is 14.5. The molecule has 1 aromatic heterocycles. The molecule has 0 spiro atoms. The first-order valence-corrected chi connectivity index (χ1v) is 9.04. The second-order valence-electron chi connectivity index (χ2n) is 6.63. The van der Waals surface area contributed by atoms with Crippen molar-refractivity contribution in [2.24, 2.45) is 0 Å². The monoisotopic (exact) mass is 308 g/mol. The van der Waals surface area contributed by atoms with Crippen LogP contribution in [0, 0.1) is 0 Å². The average molecular weight is 308 g/mol. The first-order valence-electron chi connectivity index (χ1n) is 9.04. The Morgan fingerprint density at radius 2 is 1.96 bits per heavy atom. The van der Waals surface area contributed by atoms with E-state index in [1.165, 1.54) is 37.8 Å². The number of hydrogen-bond acceptors (Lipinski definition) is 2. The molecule has 0 saturated heterocycles. The van der Waals surface area contributed by atoms with E-state index in [4.69, 9.17) is 0 Å². The molecule has 122 valence electrons. The van der Waals surface area contributed by atoms with Crippen LogP contribution in [-0.2, 0) is 25.8 Å². The Hall–Kier alpha value is -1.67. The largest absolute Gasteiger partial charge is 0.296 e. The number of hydrogen-bond donors (Lipinski definition) is 0. The van der Waals surface area contributed by atoms with Gasteiger partial charge >= 0.3 is 0 Å². The maximum Gasteiger partial charge on any atom is 0.0271 e. The minimum atomic E-state index is 0.670. The summed E-state index contributed by atoms with van der Waals surface area (Å²) in [5, 5.41) is 0. The lowest BCUT2D eigenvalue weighted by atomic mass is 9.84. The van der Waals surface area contributed by atoms with Crippen molar-refractivity contribution in [2.75, 3.05) is 6.54 Å². The number of benzene rings is 1. The fourth-order valence-corrected chi connectivity index (χ4v) is 3.89. The Labute approximate surface area is 140 Å². The van der Waals surface area contributed by atoms with E-state index >= 15 is 0 Å². The third-order valence-corrected chi connectivity index (χ3v) is 5.10. The van der Waals surface area contributed by atoms with Gasteiger partial charge in [0.1, 0.15) is 0 Å². The van der Waals surface area contributed by atoms with Gasteiger partial charge in [-0.3, -0.25) is 9.88 Å². The van der Waals surface area contributed by atoms with Crippen LogP contribution in [0.25, 0.3) is 0 Å². The molecule has 0 unspecified atom stereocenters. The number of pyridine rings is 1. The smallest absolute Gasteiger partial charge is 0.0271 e. The third-order valence-electron chi connectivity index (χ3n) is 5.10. The van der Waals surface area contributed by atoms with Crippen LogP contribution in [0.15, 0.2) is 42.7 Å². The Morgan fingerprint density at radius 1 is 1.13 bits per heavy atom. The van der Waals surface area contributed by atoms with Gasteiger partial charge in [-0.1, -0.05) is 32.0 Å². The van der Waals surface area contributed by atoms with Gasteiger partial charge in [-0.2, -0.15) is 0 Å². The summed E-state index contributed by atoms with van der Waals surface area (Å²) < 4.78 is 0. The zero-order chi connectivity index (χ0) is 16.1. The number of aryl methyl sites for hydroxylation is 2. The molecule has 3 rings (SSSR count). The second kappa shape index (κ2) is 7.74. The van der Waals surface area contributed by atoms with Gasteiger partial charge < -0.3 is 0 Å². The van der Waals surface area contributed by atoms with Gasteiger partial charge in [0.05, 0.1) is 0 Å². The first-order chi connectivity index (χ1) is 11.3. The summed E-state index contributed by atoms with van der Waals surface area (Å²) in [5.41, 5.74) is 6.14. The van der Waals surface area contributed by atoms with Gasteiger partial charge in [0.2, 0.25) is 0 Å². The van der Waals surface area contributed by atoms with Gasteiger partial charge in [0.25, 0.3) is 0 Å². The fraction of sp³-hybridized carbons (Fsp3) is 0.476. The molecule has 0 fully saturated rings. The molecule has 0 radical (unpaired) electrons. The number of nitrogens with zero attached hydrogens (tertiary/aromatic N) is 2. The molecular formula is C21H28N2. The summed E-state index contributed by atoms with van der Waals surface area (Å²) in [6, 6.07) is 11.8. The van der Waals surface area contributed by atoms with E-state index < -0.39 is 0 Å². The molecule has 23 heavy (non-hydrogen) atoms. The standard InChI is InChI=1S/C21H28N2/c1-3-14-23(16-17-10-12-22-13-11-17)20-9-8-19-7-5-6-18(4-2)21(19)15-20/h5-7,10-13,20H,3-4,8-9,14-16H2,1-2H3/t20-/m1/s1. The van der Waals surface area contributed by atoms with Crippen molar-refractivity contribution in [3.8, 4) is 0 Å². The summed E-state index contributed by atoms with van der Waals surface area (Å²) >= 11 is 0. The lowest BCUT2D eigenvalue weighted by molar-refractivity contribution is 0.171. The number of fused-ring (bicyclic) bond motifs is 1. The van der Waals surface area contributed by atoms with Crippen molar-refractivity contribution >= 4 is 0 Å². The van der Waals surface area contributed by atoms with Crippen LogP contribution in [-0.4, -0.2) is 22.5 Å². The zero-order valence-corrected chi connectivity index (χ0v) is 14.5. The molecular weight excluding hydrogens is 280 g/mol. The van der Waals surface area contributed by atoms with E-state index in [0.29, 0.717) is 6.04 Å². The summed E-state index contributed by atoms with van der Waals surface area (Å²) in [6.45, 7) is 6.79. The van der Waals surface area contributed by atoms with Crippen LogP contribution in [0.1, 0.15) is 48.9 Å². The molecule has 2 nitrogen and oxygen atoms in total. The topological polar surface area (TPSA) is 16.1 Å². The van der Waals surface area contributed by atoms with E-state index in [2.05, 4.69) is 54.1 Å². The minimum Gasteiger partial charge on any atom is -0.296 e. The van der Waals surface area contributed by atoms with Gasteiger partial charge in [0, 0.05) is 25.0 Å². The quantitative estimate of drug-likeness (QED) is 0.785. The molecule has 1 atom stereocenters. The highest BCUT2D eigenvalue weighted by Gasteiger charge is 2.25. The minimum absolute atomic E-state index is 0.670. The molecule has 2 heteroatoms. The lowest BCUT2D eigenvalue weighted by Gasteiger charge is -2.36. The first kappa shape index (κ1) is 16.2. The van der Waals surface area contributed by atoms with Gasteiger partial charge in [-0.05, 0) is 73.0 Å². The fourth-order valence-electron chi connectivity index (χ4n) is 3.89. The third kappa shape index (κ3) is 3.81. The van der Waals surface area contributed by atoms with Crippen LogP contribution < -0.4 is 0 Å². The van der Waals surface area contributed by atoms with Crippen molar-refractivity contribution in [3.63, 3.8) is 0 Å². The van der Waals surface area contributed by atoms with Crippen molar-refractivity contribution < 1.29 is 0 Å². The van der Waals surface area contributed by atoms with Crippen LogP contribution >= 0.6 is 0 Å². The van der Waals surface area contributed by atoms with Gasteiger partial charge in [-0.15, -0.1) is 0 Å². The predicted octanol–water partition coefficient (Wildman–Crippen LogP) is 4.41. The SMILES string of the molecule is CCCN(Cc1ccncc1)[C@@H]1CCc2cccc(CC)c2C1. The highest BCUT2D eigenvalue weighted by atomic mass is 15.1. The summed E-state index contributed by atoms with van der Waals surface area (Å²) in [6.07, 6.45) is 9.90. The predicted molar refractivity (Wildman–Crippen MR) is 96.6 cm³/mol. The molecule has 2 aromatic rings. The summed E-state index contributed by atoms with van der Waals surface area (Å²) in [5.74, 6) is 0. The Kier molecular flexibility index (Phi) is 5.45. The van der Waals surface area contributed by atoms with Crippen molar-refractivity contribution in [1.29, 1.82) is 0 Å². The average Bonchev–Trinajstić information content (AvgIpc) is 2.61. The second-order valence-corrected chi connectivity index (χ2v) is 6.63. The number of rotatable bonds is 6. The van der Waals surface area contributed by atoms with E-state index in [1.807, 2.05) is 12.4 Å². The van der Waals surface area contributed by atoms with Crippen LogP contribution in [0.5, 0.6) is 0 Å². The van der Waals surface area contributed by atoms with Crippen LogP contribution in [0.4, 0.5) is 0 Å². The normalized spacial score (nSPS) is 17.3. The van der Waals surface area contributed by atoms with E-state index in [-0.39, 0.29) is 0 Å². The lowest BCUT2D eigenvalue weighted by Crippen LogP contribution is -2.39. The van der Waals surface area contributed by atoms with Crippen molar-refractivity contribution in [1.82, 2.24) is 9.88 Å². The van der Waals surface area contributed by atoms with E-state index in [1.54, 1.807) is 16.7 Å². The molecule has 1 aliphatic carbocycles. The Balaban J connectivity index is 1.78. The molecule has 0 N–H and O–H groups in total. The Bertz CT molecular complexity index is 607. The van der Waals surface area contributed by atoms with E-state index in [9.17, 15) is 0 Å². The molecule has 1 aromatic carbocycles. The van der Waals surface area contributed by atoms with Gasteiger partial charge in [-0.25, -0.2) is 0 Å². The molecule has 0 amide bonds.